The lowest BCUT2D eigenvalue weighted by molar-refractivity contribution is -0.138. The molecule has 8 nitrogen and oxygen atoms in total. The van der Waals surface area contributed by atoms with Crippen molar-refractivity contribution in [2.45, 2.75) is 13.0 Å². The van der Waals surface area contributed by atoms with E-state index in [1.807, 2.05) is 30.3 Å². The molecule has 1 aromatic carbocycles. The van der Waals surface area contributed by atoms with Crippen LogP contribution in [0.1, 0.15) is 12.0 Å². The molecule has 0 heterocycles. The maximum absolute atomic E-state index is 10.3. The van der Waals surface area contributed by atoms with Crippen LogP contribution in [0.15, 0.2) is 30.3 Å². The molecule has 1 N–H and O–H groups in total. The third-order valence-corrected chi connectivity index (χ3v) is 3.43. The topological polar surface area (TPSA) is 92.7 Å². The standard InChI is InChI=1S/C20H32O8/c21-20(22)6-7-23-8-9-24-10-11-25-12-13-26-14-15-27-16-17-28-18-19-4-2-1-3-5-19/h1-5H,6-18H2,(H,21,22). The Labute approximate surface area is 166 Å². The molecule has 0 fully saturated rings. The van der Waals surface area contributed by atoms with E-state index >= 15 is 0 Å². The number of aliphatic carboxylic acids is 1. The lowest BCUT2D eigenvalue weighted by Gasteiger charge is -2.08. The highest BCUT2D eigenvalue weighted by Gasteiger charge is 1.97. The first-order valence-electron chi connectivity index (χ1n) is 9.51. The molecule has 28 heavy (non-hydrogen) atoms. The van der Waals surface area contributed by atoms with Gasteiger partial charge in [-0.3, -0.25) is 4.79 Å². The number of carboxylic acids is 1. The van der Waals surface area contributed by atoms with E-state index in [4.69, 9.17) is 33.5 Å². The van der Waals surface area contributed by atoms with Gasteiger partial charge in [-0.15, -0.1) is 0 Å². The van der Waals surface area contributed by atoms with Crippen LogP contribution >= 0.6 is 0 Å². The van der Waals surface area contributed by atoms with E-state index in [-0.39, 0.29) is 13.0 Å². The fourth-order valence-electron chi connectivity index (χ4n) is 2.02. The van der Waals surface area contributed by atoms with Gasteiger partial charge in [-0.1, -0.05) is 30.3 Å². The summed E-state index contributed by atoms with van der Waals surface area (Å²) < 4.78 is 32.1. The largest absolute Gasteiger partial charge is 0.481 e. The van der Waals surface area contributed by atoms with Gasteiger partial charge in [0.15, 0.2) is 0 Å². The first-order chi connectivity index (χ1) is 13.8. The predicted octanol–water partition coefficient (Wildman–Crippen LogP) is 1.76. The Hall–Kier alpha value is -1.55. The maximum atomic E-state index is 10.3. The summed E-state index contributed by atoms with van der Waals surface area (Å²) >= 11 is 0. The minimum atomic E-state index is -0.865. The van der Waals surface area contributed by atoms with Crippen LogP contribution in [0.4, 0.5) is 0 Å². The zero-order valence-corrected chi connectivity index (χ0v) is 16.4. The van der Waals surface area contributed by atoms with Crippen molar-refractivity contribution in [1.29, 1.82) is 0 Å². The van der Waals surface area contributed by atoms with Gasteiger partial charge in [-0.25, -0.2) is 0 Å². The number of carboxylic acid groups (broad SMARTS) is 1. The minimum Gasteiger partial charge on any atom is -0.481 e. The van der Waals surface area contributed by atoms with E-state index in [0.29, 0.717) is 72.7 Å². The van der Waals surface area contributed by atoms with Gasteiger partial charge in [-0.05, 0) is 5.56 Å². The zero-order chi connectivity index (χ0) is 20.1. The Morgan fingerprint density at radius 1 is 0.607 bits per heavy atom. The molecule has 160 valence electrons. The van der Waals surface area contributed by atoms with Crippen molar-refractivity contribution >= 4 is 5.97 Å². The molecule has 1 aromatic rings. The number of carbonyl (C=O) groups is 1. The summed E-state index contributed by atoms with van der Waals surface area (Å²) in [6.07, 6.45) is 0.0101. The van der Waals surface area contributed by atoms with Crippen LogP contribution in [0, 0.1) is 0 Å². The molecule has 0 unspecified atom stereocenters. The summed E-state index contributed by atoms with van der Waals surface area (Å²) in [5.41, 5.74) is 1.15. The van der Waals surface area contributed by atoms with E-state index in [0.717, 1.165) is 5.56 Å². The van der Waals surface area contributed by atoms with Gasteiger partial charge in [0.1, 0.15) is 0 Å². The number of rotatable bonds is 20. The quantitative estimate of drug-likeness (QED) is 0.331. The molecule has 0 spiro atoms. The summed E-state index contributed by atoms with van der Waals surface area (Å²) in [7, 11) is 0. The van der Waals surface area contributed by atoms with Gasteiger partial charge < -0.3 is 33.5 Å². The summed E-state index contributed by atoms with van der Waals surface area (Å²) in [6.45, 7) is 5.71. The molecule has 0 atom stereocenters. The van der Waals surface area contributed by atoms with Gasteiger partial charge >= 0.3 is 5.97 Å². The van der Waals surface area contributed by atoms with Gasteiger partial charge in [0.2, 0.25) is 0 Å². The normalized spacial score (nSPS) is 11.0. The van der Waals surface area contributed by atoms with Crippen molar-refractivity contribution in [1.82, 2.24) is 0 Å². The molecule has 0 radical (unpaired) electrons. The molecule has 0 amide bonds. The highest BCUT2D eigenvalue weighted by atomic mass is 16.6. The maximum Gasteiger partial charge on any atom is 0.305 e. The molecule has 0 bridgehead atoms. The Morgan fingerprint density at radius 2 is 1.00 bits per heavy atom. The molecular weight excluding hydrogens is 368 g/mol. The lowest BCUT2D eigenvalue weighted by Crippen LogP contribution is -2.14. The van der Waals surface area contributed by atoms with Crippen molar-refractivity contribution in [2.75, 3.05) is 72.7 Å². The van der Waals surface area contributed by atoms with Crippen molar-refractivity contribution in [3.8, 4) is 0 Å². The molecular formula is C20H32O8. The Morgan fingerprint density at radius 3 is 1.43 bits per heavy atom. The smallest absolute Gasteiger partial charge is 0.305 e. The van der Waals surface area contributed by atoms with Gasteiger partial charge in [0, 0.05) is 0 Å². The summed E-state index contributed by atoms with van der Waals surface area (Å²) in [6, 6.07) is 10.0. The Kier molecular flexibility index (Phi) is 16.4. The molecule has 0 aliphatic carbocycles. The highest BCUT2D eigenvalue weighted by molar-refractivity contribution is 5.66. The second-order valence-corrected chi connectivity index (χ2v) is 5.74. The average Bonchev–Trinajstić information content (AvgIpc) is 2.70. The van der Waals surface area contributed by atoms with E-state index < -0.39 is 5.97 Å². The average molecular weight is 400 g/mol. The minimum absolute atomic E-state index is 0.0101. The Bertz CT molecular complexity index is 469. The number of hydrogen-bond acceptors (Lipinski definition) is 7. The van der Waals surface area contributed by atoms with Crippen LogP contribution in [0.5, 0.6) is 0 Å². The monoisotopic (exact) mass is 400 g/mol. The second kappa shape index (κ2) is 18.8. The van der Waals surface area contributed by atoms with Crippen LogP contribution in [0.25, 0.3) is 0 Å². The summed E-state index contributed by atoms with van der Waals surface area (Å²) in [5.74, 6) is -0.865. The molecule has 1 rings (SSSR count). The number of ether oxygens (including phenoxy) is 6. The predicted molar refractivity (Wildman–Crippen MR) is 102 cm³/mol. The third kappa shape index (κ3) is 16.6. The molecule has 0 saturated heterocycles. The van der Waals surface area contributed by atoms with E-state index in [9.17, 15) is 4.79 Å². The third-order valence-electron chi connectivity index (χ3n) is 3.43. The van der Waals surface area contributed by atoms with Crippen molar-refractivity contribution in [3.05, 3.63) is 35.9 Å². The molecule has 0 saturated carbocycles. The fraction of sp³-hybridized carbons (Fsp3) is 0.650. The molecule has 0 aromatic heterocycles. The summed E-state index contributed by atoms with van der Waals surface area (Å²) in [5, 5.41) is 8.43. The van der Waals surface area contributed by atoms with E-state index in [2.05, 4.69) is 0 Å². The van der Waals surface area contributed by atoms with Crippen molar-refractivity contribution < 1.29 is 38.3 Å². The number of benzene rings is 1. The second-order valence-electron chi connectivity index (χ2n) is 5.74. The SMILES string of the molecule is O=C(O)CCOCCOCCOCCOCCOCCOCc1ccccc1. The summed E-state index contributed by atoms with van der Waals surface area (Å²) in [4.78, 5) is 10.3. The van der Waals surface area contributed by atoms with E-state index in [1.165, 1.54) is 0 Å². The Balaban J connectivity index is 1.68. The van der Waals surface area contributed by atoms with Gasteiger partial charge in [0.05, 0.1) is 85.7 Å². The number of hydrogen-bond donors (Lipinski definition) is 1. The van der Waals surface area contributed by atoms with Crippen LogP contribution in [0.2, 0.25) is 0 Å². The van der Waals surface area contributed by atoms with Gasteiger partial charge in [0.25, 0.3) is 0 Å². The zero-order valence-electron chi connectivity index (χ0n) is 16.4. The van der Waals surface area contributed by atoms with Crippen LogP contribution in [-0.2, 0) is 39.8 Å². The van der Waals surface area contributed by atoms with Crippen LogP contribution in [-0.4, -0.2) is 83.8 Å². The van der Waals surface area contributed by atoms with Gasteiger partial charge in [-0.2, -0.15) is 0 Å². The van der Waals surface area contributed by atoms with Crippen LogP contribution < -0.4 is 0 Å². The first-order valence-corrected chi connectivity index (χ1v) is 9.51. The van der Waals surface area contributed by atoms with Crippen molar-refractivity contribution in [2.24, 2.45) is 0 Å². The van der Waals surface area contributed by atoms with E-state index in [1.54, 1.807) is 0 Å². The fourth-order valence-corrected chi connectivity index (χ4v) is 2.02. The highest BCUT2D eigenvalue weighted by Crippen LogP contribution is 1.99. The molecule has 0 aliphatic heterocycles. The molecule has 0 aliphatic rings. The van der Waals surface area contributed by atoms with Crippen LogP contribution in [0.3, 0.4) is 0 Å². The van der Waals surface area contributed by atoms with Crippen molar-refractivity contribution in [3.63, 3.8) is 0 Å². The lowest BCUT2D eigenvalue weighted by atomic mass is 10.2. The molecule has 8 heteroatoms. The first kappa shape index (κ1) is 24.5.